The molecule has 0 aromatic carbocycles. The number of aromatic amines is 1. The Labute approximate surface area is 76.2 Å². The third kappa shape index (κ3) is 1.62. The number of hydrogen-bond acceptors (Lipinski definition) is 2. The Morgan fingerprint density at radius 1 is 1.64 bits per heavy atom. The highest BCUT2D eigenvalue weighted by Gasteiger charge is 2.27. The van der Waals surface area contributed by atoms with E-state index in [4.69, 9.17) is 12.2 Å². The van der Waals surface area contributed by atoms with E-state index in [2.05, 4.69) is 10.1 Å². The molecule has 1 aromatic heterocycles. The second-order valence-electron chi connectivity index (χ2n) is 2.72. The van der Waals surface area contributed by atoms with E-state index >= 15 is 0 Å². The first kappa shape index (κ1) is 8.74. The van der Waals surface area contributed by atoms with Crippen LogP contribution in [0.1, 0.15) is 24.6 Å². The second kappa shape index (κ2) is 2.95. The molecule has 1 saturated carbocycles. The molecule has 0 unspecified atom stereocenters. The molecule has 5 heteroatoms. The van der Waals surface area contributed by atoms with Gasteiger partial charge in [0.2, 0.25) is 4.77 Å². The summed E-state index contributed by atoms with van der Waals surface area (Å²) in [5, 5.41) is 2.95. The van der Waals surface area contributed by atoms with Crippen molar-refractivity contribution in [2.45, 2.75) is 18.8 Å². The van der Waals surface area contributed by atoms with Crippen molar-refractivity contribution in [3.05, 3.63) is 10.6 Å². The predicted octanol–water partition coefficient (Wildman–Crippen LogP) is 1.78. The molecule has 0 amide bonds. The van der Waals surface area contributed by atoms with Crippen molar-refractivity contribution in [2.75, 3.05) is 0 Å². The number of hydrogen-bond donors (Lipinski definition) is 1. The molecule has 2 rings (SSSR count). The van der Waals surface area contributed by atoms with Crippen LogP contribution in [0.4, 0.5) is 0 Å². The lowest BCUT2D eigenvalue weighted by Gasteiger charge is -1.94. The standard InChI is InChI=1S/C6H9N3S.ClH/c1-9-5(4-2-3-4)7-6(10)8-9;/h4H,2-3H2,1H3,(H,8,10);1H. The van der Waals surface area contributed by atoms with Crippen molar-refractivity contribution in [1.29, 1.82) is 0 Å². The van der Waals surface area contributed by atoms with Crippen molar-refractivity contribution >= 4 is 24.6 Å². The number of H-pyrrole nitrogens is 1. The SMILES string of the molecule is Cl.Cn1[nH]c(=S)nc1C1CC1. The van der Waals surface area contributed by atoms with E-state index in [1.807, 2.05) is 11.7 Å². The van der Waals surface area contributed by atoms with Gasteiger partial charge in [0.1, 0.15) is 5.82 Å². The first-order valence-electron chi connectivity index (χ1n) is 3.40. The van der Waals surface area contributed by atoms with E-state index in [-0.39, 0.29) is 12.4 Å². The van der Waals surface area contributed by atoms with E-state index in [1.165, 1.54) is 12.8 Å². The van der Waals surface area contributed by atoms with Crippen LogP contribution in [0.2, 0.25) is 0 Å². The summed E-state index contributed by atoms with van der Waals surface area (Å²) in [6, 6.07) is 0. The lowest BCUT2D eigenvalue weighted by molar-refractivity contribution is 0.703. The molecular formula is C6H10ClN3S. The van der Waals surface area contributed by atoms with E-state index < -0.39 is 0 Å². The summed E-state index contributed by atoms with van der Waals surface area (Å²) >= 11 is 4.88. The molecule has 0 bridgehead atoms. The molecule has 0 aliphatic heterocycles. The van der Waals surface area contributed by atoms with E-state index in [0.29, 0.717) is 10.7 Å². The van der Waals surface area contributed by atoms with Crippen LogP contribution in [0, 0.1) is 4.77 Å². The summed E-state index contributed by atoms with van der Waals surface area (Å²) in [5.41, 5.74) is 0. The largest absolute Gasteiger partial charge is 0.275 e. The molecule has 0 atom stereocenters. The average Bonchev–Trinajstić information content (AvgIpc) is 2.61. The minimum absolute atomic E-state index is 0. The van der Waals surface area contributed by atoms with Gasteiger partial charge in [0.25, 0.3) is 0 Å². The molecule has 0 spiro atoms. The first-order valence-corrected chi connectivity index (χ1v) is 3.81. The van der Waals surface area contributed by atoms with Gasteiger partial charge < -0.3 is 0 Å². The maximum absolute atomic E-state index is 4.88. The van der Waals surface area contributed by atoms with Crippen molar-refractivity contribution < 1.29 is 0 Å². The van der Waals surface area contributed by atoms with Gasteiger partial charge in [-0.05, 0) is 25.1 Å². The molecule has 0 saturated heterocycles. The van der Waals surface area contributed by atoms with E-state index in [1.54, 1.807) is 0 Å². The molecule has 0 radical (unpaired) electrons. The zero-order valence-electron chi connectivity index (χ0n) is 6.20. The molecule has 1 aliphatic rings. The fourth-order valence-electron chi connectivity index (χ4n) is 1.11. The Kier molecular flexibility index (Phi) is 2.34. The highest BCUT2D eigenvalue weighted by atomic mass is 35.5. The molecule has 3 nitrogen and oxygen atoms in total. The van der Waals surface area contributed by atoms with Crippen molar-refractivity contribution in [3.63, 3.8) is 0 Å². The minimum atomic E-state index is 0. The van der Waals surface area contributed by atoms with Crippen LogP contribution in [0.15, 0.2) is 0 Å². The van der Waals surface area contributed by atoms with Gasteiger partial charge in [0.15, 0.2) is 0 Å². The van der Waals surface area contributed by atoms with Crippen molar-refractivity contribution in [3.8, 4) is 0 Å². The van der Waals surface area contributed by atoms with Crippen LogP contribution >= 0.6 is 24.6 Å². The Balaban J connectivity index is 0.000000605. The van der Waals surface area contributed by atoms with Gasteiger partial charge >= 0.3 is 0 Å². The zero-order valence-corrected chi connectivity index (χ0v) is 7.84. The summed E-state index contributed by atoms with van der Waals surface area (Å²) in [7, 11) is 1.95. The van der Waals surface area contributed by atoms with E-state index in [9.17, 15) is 0 Å². The van der Waals surface area contributed by atoms with Crippen LogP contribution in [0.3, 0.4) is 0 Å². The number of halogens is 1. The number of rotatable bonds is 1. The number of nitrogens with zero attached hydrogens (tertiary/aromatic N) is 2. The lowest BCUT2D eigenvalue weighted by atomic mass is 10.4. The van der Waals surface area contributed by atoms with Gasteiger partial charge in [-0.2, -0.15) is 0 Å². The number of nitrogens with one attached hydrogen (secondary N) is 1. The summed E-state index contributed by atoms with van der Waals surface area (Å²) in [5.74, 6) is 1.79. The minimum Gasteiger partial charge on any atom is -0.275 e. The molecule has 62 valence electrons. The van der Waals surface area contributed by atoms with Crippen LogP contribution in [-0.4, -0.2) is 14.8 Å². The van der Waals surface area contributed by atoms with Gasteiger partial charge in [-0.1, -0.05) is 0 Å². The summed E-state index contributed by atoms with van der Waals surface area (Å²) in [6.07, 6.45) is 2.54. The van der Waals surface area contributed by atoms with E-state index in [0.717, 1.165) is 5.82 Å². The molecule has 1 fully saturated rings. The van der Waals surface area contributed by atoms with Crippen molar-refractivity contribution in [2.24, 2.45) is 7.05 Å². The van der Waals surface area contributed by atoms with Gasteiger partial charge in [0.05, 0.1) is 0 Å². The van der Waals surface area contributed by atoms with Gasteiger partial charge in [-0.15, -0.1) is 12.4 Å². The van der Waals surface area contributed by atoms with Crippen molar-refractivity contribution in [1.82, 2.24) is 14.8 Å². The Bertz CT molecular complexity index is 299. The van der Waals surface area contributed by atoms with Gasteiger partial charge in [0, 0.05) is 13.0 Å². The quantitative estimate of drug-likeness (QED) is 0.687. The Morgan fingerprint density at radius 3 is 2.64 bits per heavy atom. The van der Waals surface area contributed by atoms with Gasteiger partial charge in [-0.25, -0.2) is 4.98 Å². The molecular weight excluding hydrogens is 182 g/mol. The molecule has 1 heterocycles. The van der Waals surface area contributed by atoms with Crippen LogP contribution in [0.5, 0.6) is 0 Å². The smallest absolute Gasteiger partial charge is 0.213 e. The molecule has 1 aromatic rings. The number of aryl methyl sites for hydroxylation is 1. The average molecular weight is 192 g/mol. The summed E-state index contributed by atoms with van der Waals surface area (Å²) in [6.45, 7) is 0. The Morgan fingerprint density at radius 2 is 2.27 bits per heavy atom. The summed E-state index contributed by atoms with van der Waals surface area (Å²) < 4.78 is 2.52. The predicted molar refractivity (Wildman–Crippen MR) is 47.6 cm³/mol. The first-order chi connectivity index (χ1) is 4.77. The monoisotopic (exact) mass is 191 g/mol. The maximum atomic E-state index is 4.88. The fraction of sp³-hybridized carbons (Fsp3) is 0.667. The lowest BCUT2D eigenvalue weighted by Crippen LogP contribution is -1.96. The normalized spacial score (nSPS) is 16.1. The van der Waals surface area contributed by atoms with Crippen LogP contribution in [-0.2, 0) is 7.05 Å². The third-order valence-corrected chi connectivity index (χ3v) is 1.95. The topological polar surface area (TPSA) is 33.6 Å². The third-order valence-electron chi connectivity index (χ3n) is 1.77. The maximum Gasteiger partial charge on any atom is 0.213 e. The highest BCUT2D eigenvalue weighted by molar-refractivity contribution is 7.71. The fourth-order valence-corrected chi connectivity index (χ4v) is 1.34. The molecule has 11 heavy (non-hydrogen) atoms. The second-order valence-corrected chi connectivity index (χ2v) is 3.11. The van der Waals surface area contributed by atoms with Gasteiger partial charge in [-0.3, -0.25) is 9.78 Å². The van der Waals surface area contributed by atoms with Crippen LogP contribution in [0.25, 0.3) is 0 Å². The Hall–Kier alpha value is -0.350. The highest BCUT2D eigenvalue weighted by Crippen LogP contribution is 2.38. The number of aromatic nitrogens is 3. The summed E-state index contributed by atoms with van der Waals surface area (Å²) in [4.78, 5) is 4.19. The molecule has 1 N–H and O–H groups in total. The van der Waals surface area contributed by atoms with Crippen LogP contribution < -0.4 is 0 Å². The zero-order chi connectivity index (χ0) is 7.14. The molecule has 1 aliphatic carbocycles.